The van der Waals surface area contributed by atoms with Gasteiger partial charge in [0.25, 0.3) is 5.69 Å². The lowest BCUT2D eigenvalue weighted by molar-refractivity contribution is -0.385. The lowest BCUT2D eigenvalue weighted by Crippen LogP contribution is -2.11. The monoisotopic (exact) mass is 256 g/mol. The number of ether oxygens (including phenoxy) is 3. The molecule has 0 saturated heterocycles. The number of rotatable bonds is 5. The van der Waals surface area contributed by atoms with E-state index in [9.17, 15) is 14.9 Å². The van der Waals surface area contributed by atoms with Crippen LogP contribution < -0.4 is 15.2 Å². The molecule has 0 unspecified atom stereocenters. The minimum Gasteiger partial charge on any atom is -0.493 e. The van der Waals surface area contributed by atoms with Crippen molar-refractivity contribution in [2.45, 2.75) is 0 Å². The van der Waals surface area contributed by atoms with Crippen molar-refractivity contribution in [3.05, 3.63) is 27.8 Å². The molecule has 8 nitrogen and oxygen atoms in total. The van der Waals surface area contributed by atoms with Crippen LogP contribution in [0.15, 0.2) is 12.1 Å². The molecule has 1 aromatic rings. The quantitative estimate of drug-likeness (QED) is 0.356. The fourth-order valence-corrected chi connectivity index (χ4v) is 1.34. The van der Waals surface area contributed by atoms with E-state index in [1.165, 1.54) is 7.11 Å². The summed E-state index contributed by atoms with van der Waals surface area (Å²) in [5.41, 5.74) is 4.56. The van der Waals surface area contributed by atoms with Gasteiger partial charge in [-0.2, -0.15) is 0 Å². The van der Waals surface area contributed by atoms with Crippen molar-refractivity contribution in [3.63, 3.8) is 0 Å². The zero-order valence-corrected chi connectivity index (χ0v) is 9.84. The Balaban J connectivity index is 3.41. The van der Waals surface area contributed by atoms with Crippen molar-refractivity contribution in [1.29, 1.82) is 0 Å². The average Bonchev–Trinajstić information content (AvgIpc) is 2.37. The molecule has 8 heteroatoms. The van der Waals surface area contributed by atoms with E-state index in [0.717, 1.165) is 19.2 Å². The summed E-state index contributed by atoms with van der Waals surface area (Å²) in [4.78, 5) is 21.6. The molecule has 0 aliphatic heterocycles. The summed E-state index contributed by atoms with van der Waals surface area (Å²) in [6.07, 6.45) is 0. The van der Waals surface area contributed by atoms with Crippen LogP contribution in [0.25, 0.3) is 0 Å². The van der Waals surface area contributed by atoms with Gasteiger partial charge in [0.2, 0.25) is 0 Å². The molecule has 18 heavy (non-hydrogen) atoms. The molecule has 0 atom stereocenters. The largest absolute Gasteiger partial charge is 0.493 e. The van der Waals surface area contributed by atoms with Crippen molar-refractivity contribution >= 4 is 11.7 Å². The number of nitro groups is 1. The third kappa shape index (κ3) is 2.66. The first-order valence-corrected chi connectivity index (χ1v) is 4.82. The van der Waals surface area contributed by atoms with Crippen molar-refractivity contribution in [2.24, 2.45) is 5.73 Å². The first-order chi connectivity index (χ1) is 8.54. The van der Waals surface area contributed by atoms with E-state index in [0.29, 0.717) is 0 Å². The fraction of sp³-hybridized carbons (Fsp3) is 0.300. The van der Waals surface area contributed by atoms with E-state index < -0.39 is 16.6 Å². The maximum Gasteiger partial charge on any atom is 0.345 e. The third-order valence-corrected chi connectivity index (χ3v) is 2.12. The zero-order valence-electron chi connectivity index (χ0n) is 9.84. The van der Waals surface area contributed by atoms with Crippen molar-refractivity contribution < 1.29 is 23.9 Å². The lowest BCUT2D eigenvalue weighted by atomic mass is 10.1. The van der Waals surface area contributed by atoms with Crippen molar-refractivity contribution in [2.75, 3.05) is 21.0 Å². The highest BCUT2D eigenvalue weighted by molar-refractivity contribution is 5.94. The molecule has 0 amide bonds. The van der Waals surface area contributed by atoms with E-state index in [2.05, 4.69) is 4.74 Å². The first kappa shape index (κ1) is 13.7. The number of hydrogen-bond acceptors (Lipinski definition) is 7. The standard InChI is InChI=1S/C10H12N2O6/c1-16-8-4-7(12(14)15)6(10(13)17-2)3-9(8)18-5-11/h3-4H,5,11H2,1-2H3. The van der Waals surface area contributed by atoms with Gasteiger partial charge in [-0.15, -0.1) is 0 Å². The van der Waals surface area contributed by atoms with Crippen LogP contribution in [-0.4, -0.2) is 31.8 Å². The topological polar surface area (TPSA) is 114 Å². The molecule has 0 fully saturated rings. The number of carbonyl (C=O) groups excluding carboxylic acids is 1. The van der Waals surface area contributed by atoms with Gasteiger partial charge in [-0.1, -0.05) is 0 Å². The number of carbonyl (C=O) groups is 1. The third-order valence-electron chi connectivity index (χ3n) is 2.12. The molecular formula is C10H12N2O6. The molecule has 0 heterocycles. The van der Waals surface area contributed by atoms with Gasteiger partial charge in [0, 0.05) is 6.07 Å². The molecular weight excluding hydrogens is 244 g/mol. The molecule has 0 aliphatic rings. The first-order valence-electron chi connectivity index (χ1n) is 4.82. The summed E-state index contributed by atoms with van der Waals surface area (Å²) >= 11 is 0. The Morgan fingerprint density at radius 3 is 2.50 bits per heavy atom. The zero-order chi connectivity index (χ0) is 13.7. The summed E-state index contributed by atoms with van der Waals surface area (Å²) in [6.45, 7) is -0.158. The van der Waals surface area contributed by atoms with Gasteiger partial charge < -0.3 is 14.2 Å². The van der Waals surface area contributed by atoms with Crippen LogP contribution in [0.4, 0.5) is 5.69 Å². The van der Waals surface area contributed by atoms with Crippen LogP contribution in [0.1, 0.15) is 10.4 Å². The van der Waals surface area contributed by atoms with Crippen molar-refractivity contribution in [3.8, 4) is 11.5 Å². The Morgan fingerprint density at radius 2 is 2.06 bits per heavy atom. The second-order valence-electron chi connectivity index (χ2n) is 3.08. The van der Waals surface area contributed by atoms with E-state index in [1.807, 2.05) is 0 Å². The van der Waals surface area contributed by atoms with Gasteiger partial charge in [-0.25, -0.2) is 4.79 Å². The second-order valence-corrected chi connectivity index (χ2v) is 3.08. The average molecular weight is 256 g/mol. The lowest BCUT2D eigenvalue weighted by Gasteiger charge is -2.10. The van der Waals surface area contributed by atoms with Crippen molar-refractivity contribution in [1.82, 2.24) is 0 Å². The highest BCUT2D eigenvalue weighted by atomic mass is 16.6. The SMILES string of the molecule is COC(=O)c1cc(OCN)c(OC)cc1[N+](=O)[O-]. The van der Waals surface area contributed by atoms with E-state index in [-0.39, 0.29) is 23.8 Å². The molecule has 2 N–H and O–H groups in total. The number of hydrogen-bond donors (Lipinski definition) is 1. The molecule has 1 aromatic carbocycles. The summed E-state index contributed by atoms with van der Waals surface area (Å²) in [5, 5.41) is 10.9. The molecule has 1 rings (SSSR count). The highest BCUT2D eigenvalue weighted by Gasteiger charge is 2.25. The van der Waals surface area contributed by atoms with Crippen LogP contribution in [0.5, 0.6) is 11.5 Å². The molecule has 0 aromatic heterocycles. The van der Waals surface area contributed by atoms with Gasteiger partial charge in [0.1, 0.15) is 12.3 Å². The summed E-state index contributed by atoms with van der Waals surface area (Å²) in [6, 6.07) is 2.24. The number of nitrogens with two attached hydrogens (primary N) is 1. The Morgan fingerprint density at radius 1 is 1.39 bits per heavy atom. The van der Waals surface area contributed by atoms with Crippen LogP contribution in [0, 0.1) is 10.1 Å². The smallest absolute Gasteiger partial charge is 0.345 e. The normalized spacial score (nSPS) is 9.72. The second kappa shape index (κ2) is 5.82. The van der Waals surface area contributed by atoms with Gasteiger partial charge in [-0.05, 0) is 0 Å². The van der Waals surface area contributed by atoms with Gasteiger partial charge in [0.05, 0.1) is 25.2 Å². The van der Waals surface area contributed by atoms with Gasteiger partial charge in [0.15, 0.2) is 11.5 Å². The van der Waals surface area contributed by atoms with Crippen LogP contribution in [-0.2, 0) is 4.74 Å². The Hall–Kier alpha value is -2.35. The van der Waals surface area contributed by atoms with Crippen LogP contribution in [0.2, 0.25) is 0 Å². The van der Waals surface area contributed by atoms with Crippen LogP contribution >= 0.6 is 0 Å². The molecule has 0 saturated carbocycles. The fourth-order valence-electron chi connectivity index (χ4n) is 1.34. The highest BCUT2D eigenvalue weighted by Crippen LogP contribution is 2.34. The van der Waals surface area contributed by atoms with E-state index in [4.69, 9.17) is 15.2 Å². The number of methoxy groups -OCH3 is 2. The Kier molecular flexibility index (Phi) is 4.44. The Bertz CT molecular complexity index is 474. The summed E-state index contributed by atoms with van der Waals surface area (Å²) < 4.78 is 14.4. The number of nitrogens with zero attached hydrogens (tertiary/aromatic N) is 1. The Labute approximate surface area is 102 Å². The predicted molar refractivity (Wildman–Crippen MR) is 60.7 cm³/mol. The van der Waals surface area contributed by atoms with E-state index >= 15 is 0 Å². The van der Waals surface area contributed by atoms with E-state index in [1.54, 1.807) is 0 Å². The van der Waals surface area contributed by atoms with Crippen LogP contribution in [0.3, 0.4) is 0 Å². The number of nitro benzene ring substituents is 1. The number of benzene rings is 1. The summed E-state index contributed by atoms with van der Waals surface area (Å²) in [5.74, 6) is -0.600. The van der Waals surface area contributed by atoms with Gasteiger partial charge in [-0.3, -0.25) is 15.8 Å². The number of esters is 1. The summed E-state index contributed by atoms with van der Waals surface area (Å²) in [7, 11) is 2.44. The maximum absolute atomic E-state index is 11.4. The molecule has 98 valence electrons. The van der Waals surface area contributed by atoms with Gasteiger partial charge >= 0.3 is 5.97 Å². The minimum absolute atomic E-state index is 0.111. The predicted octanol–water partition coefficient (Wildman–Crippen LogP) is 0.685. The molecule has 0 bridgehead atoms. The molecule has 0 aliphatic carbocycles. The molecule has 0 spiro atoms. The molecule has 0 radical (unpaired) electrons. The maximum atomic E-state index is 11.4. The minimum atomic E-state index is -0.841.